The van der Waals surface area contributed by atoms with Gasteiger partial charge in [-0.25, -0.2) is 4.98 Å². The minimum atomic E-state index is 0.601. The summed E-state index contributed by atoms with van der Waals surface area (Å²) in [5.74, 6) is 1.50. The lowest BCUT2D eigenvalue weighted by Gasteiger charge is -2.18. The van der Waals surface area contributed by atoms with E-state index in [0.717, 1.165) is 24.5 Å². The van der Waals surface area contributed by atoms with Gasteiger partial charge in [-0.1, -0.05) is 18.2 Å². The van der Waals surface area contributed by atoms with Crippen molar-refractivity contribution in [2.45, 2.75) is 6.42 Å². The lowest BCUT2D eigenvalue weighted by molar-refractivity contribution is 0.855. The zero-order chi connectivity index (χ0) is 15.9. The number of pyridine rings is 1. The highest BCUT2D eigenvalue weighted by Gasteiger charge is 2.05. The molecule has 1 aromatic carbocycles. The Morgan fingerprint density at radius 3 is 2.52 bits per heavy atom. The molecule has 0 unspecified atom stereocenters. The predicted molar refractivity (Wildman–Crippen MR) is 93.0 cm³/mol. The van der Waals surface area contributed by atoms with Crippen LogP contribution in [0, 0.1) is 0 Å². The zero-order valence-electron chi connectivity index (χ0n) is 13.1. The summed E-state index contributed by atoms with van der Waals surface area (Å²) in [4.78, 5) is 15.0. The standard InChI is InChI=1S/C18H19N5/c1-23(14-10-15-7-11-19-12-8-15)17-9-13-20-18(22-17)21-16-5-3-2-4-6-16/h2-9,11-13H,10,14H2,1H3,(H,20,21,22). The van der Waals surface area contributed by atoms with Crippen LogP contribution in [0.25, 0.3) is 0 Å². The first-order chi connectivity index (χ1) is 11.3. The summed E-state index contributed by atoms with van der Waals surface area (Å²) in [6, 6.07) is 15.9. The van der Waals surface area contributed by atoms with Crippen LogP contribution in [0.1, 0.15) is 5.56 Å². The Morgan fingerprint density at radius 2 is 1.74 bits per heavy atom. The molecule has 0 fully saturated rings. The van der Waals surface area contributed by atoms with Gasteiger partial charge in [0.25, 0.3) is 0 Å². The summed E-state index contributed by atoms with van der Waals surface area (Å²) >= 11 is 0. The number of hydrogen-bond donors (Lipinski definition) is 1. The van der Waals surface area contributed by atoms with Crippen molar-refractivity contribution in [3.05, 3.63) is 72.7 Å². The van der Waals surface area contributed by atoms with Gasteiger partial charge in [0, 0.05) is 37.9 Å². The van der Waals surface area contributed by atoms with Crippen LogP contribution in [-0.4, -0.2) is 28.5 Å². The molecule has 0 amide bonds. The van der Waals surface area contributed by atoms with Crippen molar-refractivity contribution in [2.75, 3.05) is 23.8 Å². The second-order valence-corrected chi connectivity index (χ2v) is 5.26. The maximum Gasteiger partial charge on any atom is 0.229 e. The molecule has 0 bridgehead atoms. The van der Waals surface area contributed by atoms with Crippen molar-refractivity contribution in [1.82, 2.24) is 15.0 Å². The van der Waals surface area contributed by atoms with E-state index in [2.05, 4.69) is 25.2 Å². The van der Waals surface area contributed by atoms with Gasteiger partial charge in [0.05, 0.1) is 0 Å². The molecule has 2 heterocycles. The highest BCUT2D eigenvalue weighted by Crippen LogP contribution is 2.15. The summed E-state index contributed by atoms with van der Waals surface area (Å²) in [7, 11) is 2.04. The third-order valence-corrected chi connectivity index (χ3v) is 3.55. The molecular weight excluding hydrogens is 286 g/mol. The van der Waals surface area contributed by atoms with Crippen LogP contribution >= 0.6 is 0 Å². The Morgan fingerprint density at radius 1 is 0.957 bits per heavy atom. The number of benzene rings is 1. The molecule has 0 aliphatic heterocycles. The minimum absolute atomic E-state index is 0.601. The first kappa shape index (κ1) is 15.0. The quantitative estimate of drug-likeness (QED) is 0.757. The van der Waals surface area contributed by atoms with Crippen LogP contribution in [0.5, 0.6) is 0 Å². The number of nitrogens with one attached hydrogen (secondary N) is 1. The van der Waals surface area contributed by atoms with Gasteiger partial charge in [-0.2, -0.15) is 4.98 Å². The van der Waals surface area contributed by atoms with Gasteiger partial charge in [0.15, 0.2) is 0 Å². The number of rotatable bonds is 6. The number of aromatic nitrogens is 3. The van der Waals surface area contributed by atoms with E-state index in [1.165, 1.54) is 5.56 Å². The number of likely N-dealkylation sites (N-methyl/N-ethyl adjacent to an activating group) is 1. The van der Waals surface area contributed by atoms with Crippen molar-refractivity contribution >= 4 is 17.5 Å². The number of hydrogen-bond acceptors (Lipinski definition) is 5. The molecule has 0 atom stereocenters. The highest BCUT2D eigenvalue weighted by atomic mass is 15.2. The largest absolute Gasteiger partial charge is 0.359 e. The third-order valence-electron chi connectivity index (χ3n) is 3.55. The maximum atomic E-state index is 4.57. The van der Waals surface area contributed by atoms with Crippen molar-refractivity contribution in [1.29, 1.82) is 0 Å². The normalized spacial score (nSPS) is 10.3. The summed E-state index contributed by atoms with van der Waals surface area (Å²) in [5, 5.41) is 3.22. The molecule has 5 nitrogen and oxygen atoms in total. The fourth-order valence-corrected chi connectivity index (χ4v) is 2.23. The summed E-state index contributed by atoms with van der Waals surface area (Å²) in [6.45, 7) is 0.881. The van der Waals surface area contributed by atoms with Gasteiger partial charge in [0.2, 0.25) is 5.95 Å². The van der Waals surface area contributed by atoms with E-state index in [1.54, 1.807) is 6.20 Å². The topological polar surface area (TPSA) is 53.9 Å². The molecule has 0 saturated heterocycles. The van der Waals surface area contributed by atoms with Crippen LogP contribution in [0.2, 0.25) is 0 Å². The molecule has 0 saturated carbocycles. The van der Waals surface area contributed by atoms with Crippen molar-refractivity contribution in [3.63, 3.8) is 0 Å². The minimum Gasteiger partial charge on any atom is -0.359 e. The number of para-hydroxylation sites is 1. The van der Waals surface area contributed by atoms with Crippen LogP contribution < -0.4 is 10.2 Å². The van der Waals surface area contributed by atoms with Crippen LogP contribution in [-0.2, 0) is 6.42 Å². The summed E-state index contributed by atoms with van der Waals surface area (Å²) < 4.78 is 0. The van der Waals surface area contributed by atoms with E-state index in [1.807, 2.05) is 68.0 Å². The van der Waals surface area contributed by atoms with E-state index in [4.69, 9.17) is 0 Å². The Kier molecular flexibility index (Phi) is 4.79. The first-order valence-electron chi connectivity index (χ1n) is 7.56. The molecule has 1 N–H and O–H groups in total. The lowest BCUT2D eigenvalue weighted by atomic mass is 10.2. The highest BCUT2D eigenvalue weighted by molar-refractivity contribution is 5.54. The Hall–Kier alpha value is -2.95. The Bertz CT molecular complexity index is 731. The average molecular weight is 305 g/mol. The molecular formula is C18H19N5. The van der Waals surface area contributed by atoms with Crippen molar-refractivity contribution in [3.8, 4) is 0 Å². The van der Waals surface area contributed by atoms with Gasteiger partial charge in [0.1, 0.15) is 5.82 Å². The first-order valence-corrected chi connectivity index (χ1v) is 7.56. The zero-order valence-corrected chi connectivity index (χ0v) is 13.1. The molecule has 3 aromatic rings. The number of anilines is 3. The molecule has 116 valence electrons. The number of nitrogens with zero attached hydrogens (tertiary/aromatic N) is 4. The van der Waals surface area contributed by atoms with Crippen LogP contribution in [0.15, 0.2) is 67.1 Å². The van der Waals surface area contributed by atoms with Crippen LogP contribution in [0.3, 0.4) is 0 Å². The molecule has 0 aliphatic carbocycles. The fourth-order valence-electron chi connectivity index (χ4n) is 2.23. The van der Waals surface area contributed by atoms with Crippen molar-refractivity contribution in [2.24, 2.45) is 0 Å². The Balaban J connectivity index is 1.64. The van der Waals surface area contributed by atoms with Gasteiger partial charge in [-0.05, 0) is 42.3 Å². The molecule has 23 heavy (non-hydrogen) atoms. The second-order valence-electron chi connectivity index (χ2n) is 5.26. The predicted octanol–water partition coefficient (Wildman–Crippen LogP) is 3.29. The summed E-state index contributed by atoms with van der Waals surface area (Å²) in [5.41, 5.74) is 2.24. The molecule has 0 aliphatic rings. The molecule has 5 heteroatoms. The van der Waals surface area contributed by atoms with E-state index in [-0.39, 0.29) is 0 Å². The average Bonchev–Trinajstić information content (AvgIpc) is 2.62. The van der Waals surface area contributed by atoms with E-state index >= 15 is 0 Å². The Labute approximate surface area is 136 Å². The molecule has 2 aromatic heterocycles. The fraction of sp³-hybridized carbons (Fsp3) is 0.167. The van der Waals surface area contributed by atoms with E-state index in [0.29, 0.717) is 5.95 Å². The molecule has 0 spiro atoms. The van der Waals surface area contributed by atoms with Gasteiger partial charge < -0.3 is 10.2 Å². The SMILES string of the molecule is CN(CCc1ccncc1)c1ccnc(Nc2ccccc2)n1. The van der Waals surface area contributed by atoms with Crippen LogP contribution in [0.4, 0.5) is 17.5 Å². The van der Waals surface area contributed by atoms with E-state index in [9.17, 15) is 0 Å². The monoisotopic (exact) mass is 305 g/mol. The van der Waals surface area contributed by atoms with Crippen molar-refractivity contribution < 1.29 is 0 Å². The third kappa shape index (κ3) is 4.26. The van der Waals surface area contributed by atoms with Gasteiger partial charge in [-0.3, -0.25) is 4.98 Å². The van der Waals surface area contributed by atoms with Gasteiger partial charge >= 0.3 is 0 Å². The van der Waals surface area contributed by atoms with E-state index < -0.39 is 0 Å². The molecule has 0 radical (unpaired) electrons. The smallest absolute Gasteiger partial charge is 0.229 e. The second kappa shape index (κ2) is 7.35. The maximum absolute atomic E-state index is 4.57. The lowest BCUT2D eigenvalue weighted by Crippen LogP contribution is -2.21. The van der Waals surface area contributed by atoms with Gasteiger partial charge in [-0.15, -0.1) is 0 Å². The molecule has 3 rings (SSSR count). The summed E-state index contributed by atoms with van der Waals surface area (Å²) in [6.07, 6.45) is 6.37.